The summed E-state index contributed by atoms with van der Waals surface area (Å²) in [4.78, 5) is 26.9. The maximum absolute atomic E-state index is 13.1. The maximum atomic E-state index is 13.1. The first-order valence-electron chi connectivity index (χ1n) is 8.10. The smallest absolute Gasteiger partial charge is 0.417 e. The summed E-state index contributed by atoms with van der Waals surface area (Å²) in [5.41, 5.74) is 1.30. The molecule has 1 unspecified atom stereocenters. The molecule has 22 heavy (non-hydrogen) atoms. The molecule has 1 fully saturated rings. The van der Waals surface area contributed by atoms with Gasteiger partial charge in [0.2, 0.25) is 0 Å². The Morgan fingerprint density at radius 2 is 1.91 bits per heavy atom. The minimum Gasteiger partial charge on any atom is -0.452 e. The SMILES string of the molecule is COC(=O)N1C(=O)c2ccccc2C(C)CC12CCCCC2. The molecule has 1 aromatic carbocycles. The van der Waals surface area contributed by atoms with Crippen LogP contribution in [0.1, 0.15) is 67.3 Å². The number of fused-ring (bicyclic) bond motifs is 1. The molecule has 1 heterocycles. The van der Waals surface area contributed by atoms with Crippen LogP contribution in [0.15, 0.2) is 24.3 Å². The molecule has 1 spiro atoms. The van der Waals surface area contributed by atoms with E-state index in [9.17, 15) is 9.59 Å². The van der Waals surface area contributed by atoms with Crippen molar-refractivity contribution in [3.8, 4) is 0 Å². The van der Waals surface area contributed by atoms with Gasteiger partial charge in [-0.15, -0.1) is 0 Å². The van der Waals surface area contributed by atoms with Crippen LogP contribution in [0.4, 0.5) is 4.79 Å². The van der Waals surface area contributed by atoms with E-state index in [1.807, 2.05) is 24.3 Å². The van der Waals surface area contributed by atoms with E-state index in [-0.39, 0.29) is 17.4 Å². The molecule has 1 atom stereocenters. The van der Waals surface area contributed by atoms with Crippen molar-refractivity contribution in [1.29, 1.82) is 0 Å². The molecule has 1 saturated carbocycles. The topological polar surface area (TPSA) is 46.6 Å². The third-order valence-electron chi connectivity index (χ3n) is 5.23. The summed E-state index contributed by atoms with van der Waals surface area (Å²) < 4.78 is 4.96. The van der Waals surface area contributed by atoms with Gasteiger partial charge in [0, 0.05) is 5.56 Å². The van der Waals surface area contributed by atoms with Crippen LogP contribution in [0.3, 0.4) is 0 Å². The molecule has 2 amide bonds. The van der Waals surface area contributed by atoms with Crippen LogP contribution in [-0.2, 0) is 4.74 Å². The Bertz CT molecular complexity index is 590. The zero-order valence-electron chi connectivity index (χ0n) is 13.3. The number of hydrogen-bond acceptors (Lipinski definition) is 3. The molecule has 4 nitrogen and oxygen atoms in total. The quantitative estimate of drug-likeness (QED) is 0.724. The number of methoxy groups -OCH3 is 1. The molecular weight excluding hydrogens is 278 g/mol. The molecule has 1 aliphatic carbocycles. The predicted molar refractivity (Wildman–Crippen MR) is 83.9 cm³/mol. The van der Waals surface area contributed by atoms with Crippen LogP contribution >= 0.6 is 0 Å². The van der Waals surface area contributed by atoms with Crippen molar-refractivity contribution in [2.75, 3.05) is 7.11 Å². The lowest BCUT2D eigenvalue weighted by Crippen LogP contribution is -2.55. The van der Waals surface area contributed by atoms with Gasteiger partial charge in [-0.3, -0.25) is 4.79 Å². The highest BCUT2D eigenvalue weighted by molar-refractivity contribution is 6.05. The van der Waals surface area contributed by atoms with Gasteiger partial charge in [-0.05, 0) is 36.8 Å². The number of carbonyl (C=O) groups excluding carboxylic acids is 2. The van der Waals surface area contributed by atoms with E-state index in [0.717, 1.165) is 37.7 Å². The van der Waals surface area contributed by atoms with Gasteiger partial charge < -0.3 is 4.74 Å². The minimum atomic E-state index is -0.518. The number of hydrogen-bond donors (Lipinski definition) is 0. The second kappa shape index (κ2) is 5.75. The second-order valence-electron chi connectivity index (χ2n) is 6.59. The largest absolute Gasteiger partial charge is 0.452 e. The summed E-state index contributed by atoms with van der Waals surface area (Å²) >= 11 is 0. The third kappa shape index (κ3) is 2.31. The Balaban J connectivity index is 2.13. The Morgan fingerprint density at radius 1 is 1.23 bits per heavy atom. The molecule has 118 valence electrons. The van der Waals surface area contributed by atoms with Crippen molar-refractivity contribution in [2.24, 2.45) is 0 Å². The molecule has 2 aliphatic rings. The zero-order valence-corrected chi connectivity index (χ0v) is 13.3. The van der Waals surface area contributed by atoms with Gasteiger partial charge in [0.1, 0.15) is 0 Å². The van der Waals surface area contributed by atoms with Crippen molar-refractivity contribution in [3.05, 3.63) is 35.4 Å². The second-order valence-corrected chi connectivity index (χ2v) is 6.59. The number of amides is 2. The molecule has 4 heteroatoms. The van der Waals surface area contributed by atoms with E-state index in [4.69, 9.17) is 4.74 Å². The number of carbonyl (C=O) groups is 2. The van der Waals surface area contributed by atoms with Crippen molar-refractivity contribution >= 4 is 12.0 Å². The van der Waals surface area contributed by atoms with E-state index >= 15 is 0 Å². The average molecular weight is 301 g/mol. The fourth-order valence-corrected chi connectivity index (χ4v) is 4.23. The fraction of sp³-hybridized carbons (Fsp3) is 0.556. The average Bonchev–Trinajstić information content (AvgIpc) is 2.62. The third-order valence-corrected chi connectivity index (χ3v) is 5.23. The number of rotatable bonds is 0. The van der Waals surface area contributed by atoms with Crippen molar-refractivity contribution in [3.63, 3.8) is 0 Å². The van der Waals surface area contributed by atoms with Crippen LogP contribution < -0.4 is 0 Å². The number of imide groups is 1. The predicted octanol–water partition coefficient (Wildman–Crippen LogP) is 4.11. The summed E-state index contributed by atoms with van der Waals surface area (Å²) in [6.07, 6.45) is 5.36. The van der Waals surface area contributed by atoms with Gasteiger partial charge in [-0.2, -0.15) is 0 Å². The molecule has 1 aromatic rings. The van der Waals surface area contributed by atoms with E-state index in [2.05, 4.69) is 6.92 Å². The Hall–Kier alpha value is -1.84. The van der Waals surface area contributed by atoms with Gasteiger partial charge in [0.05, 0.1) is 12.6 Å². The van der Waals surface area contributed by atoms with Crippen LogP contribution in [0.2, 0.25) is 0 Å². The number of benzene rings is 1. The lowest BCUT2D eigenvalue weighted by atomic mass is 9.74. The van der Waals surface area contributed by atoms with Crippen molar-refractivity contribution in [1.82, 2.24) is 4.90 Å². The highest BCUT2D eigenvalue weighted by Gasteiger charge is 2.48. The summed E-state index contributed by atoms with van der Waals surface area (Å²) in [6.45, 7) is 2.16. The lowest BCUT2D eigenvalue weighted by Gasteiger charge is -2.44. The normalized spacial score (nSPS) is 23.8. The minimum absolute atomic E-state index is 0.200. The zero-order chi connectivity index (χ0) is 15.7. The van der Waals surface area contributed by atoms with Gasteiger partial charge in [-0.1, -0.05) is 44.4 Å². The van der Waals surface area contributed by atoms with Gasteiger partial charge in [0.25, 0.3) is 5.91 Å². The first kappa shape index (κ1) is 15.1. The molecule has 0 bridgehead atoms. The van der Waals surface area contributed by atoms with E-state index in [0.29, 0.717) is 5.56 Å². The van der Waals surface area contributed by atoms with E-state index in [1.165, 1.54) is 18.4 Å². The monoisotopic (exact) mass is 301 g/mol. The molecule has 3 rings (SSSR count). The Labute approximate surface area is 131 Å². The summed E-state index contributed by atoms with van der Waals surface area (Å²) in [7, 11) is 1.35. The first-order valence-corrected chi connectivity index (χ1v) is 8.10. The summed E-state index contributed by atoms with van der Waals surface area (Å²) in [5.74, 6) is 0.0570. The summed E-state index contributed by atoms with van der Waals surface area (Å²) in [6, 6.07) is 7.66. The Kier molecular flexibility index (Phi) is 3.94. The number of nitrogens with zero attached hydrogens (tertiary/aromatic N) is 1. The molecular formula is C18H23NO3. The fourth-order valence-electron chi connectivity index (χ4n) is 4.23. The molecule has 0 N–H and O–H groups in total. The van der Waals surface area contributed by atoms with Crippen LogP contribution in [0.25, 0.3) is 0 Å². The highest BCUT2D eigenvalue weighted by atomic mass is 16.5. The standard InChI is InChI=1S/C18H23NO3/c1-13-12-18(10-6-3-7-11-18)19(17(21)22-2)16(20)15-9-5-4-8-14(13)15/h4-5,8-9,13H,3,6-7,10-12H2,1-2H3. The lowest BCUT2D eigenvalue weighted by molar-refractivity contribution is 0.0279. The molecule has 1 aliphatic heterocycles. The van der Waals surface area contributed by atoms with E-state index < -0.39 is 6.09 Å². The van der Waals surface area contributed by atoms with Gasteiger partial charge >= 0.3 is 6.09 Å². The van der Waals surface area contributed by atoms with Gasteiger partial charge in [-0.25, -0.2) is 9.69 Å². The van der Waals surface area contributed by atoms with Crippen molar-refractivity contribution < 1.29 is 14.3 Å². The molecule has 0 aromatic heterocycles. The molecule has 0 saturated heterocycles. The van der Waals surface area contributed by atoms with Crippen LogP contribution in [0, 0.1) is 0 Å². The van der Waals surface area contributed by atoms with Gasteiger partial charge in [0.15, 0.2) is 0 Å². The number of ether oxygens (including phenoxy) is 1. The first-order chi connectivity index (χ1) is 10.6. The van der Waals surface area contributed by atoms with Crippen molar-refractivity contribution in [2.45, 2.75) is 56.9 Å². The Morgan fingerprint density at radius 3 is 2.59 bits per heavy atom. The van der Waals surface area contributed by atoms with E-state index in [1.54, 1.807) is 0 Å². The molecule has 0 radical (unpaired) electrons. The summed E-state index contributed by atoms with van der Waals surface area (Å²) in [5, 5.41) is 0. The van der Waals surface area contributed by atoms with Crippen LogP contribution in [-0.4, -0.2) is 29.5 Å². The maximum Gasteiger partial charge on any atom is 0.417 e. The highest BCUT2D eigenvalue weighted by Crippen LogP contribution is 2.45. The van der Waals surface area contributed by atoms with Crippen LogP contribution in [0.5, 0.6) is 0 Å².